The van der Waals surface area contributed by atoms with Crippen molar-refractivity contribution in [1.82, 2.24) is 0 Å². The van der Waals surface area contributed by atoms with E-state index in [2.05, 4.69) is 0 Å². The Morgan fingerprint density at radius 1 is 1.12 bits per heavy atom. The van der Waals surface area contributed by atoms with E-state index in [9.17, 15) is 18.8 Å². The van der Waals surface area contributed by atoms with E-state index in [1.54, 1.807) is 36.4 Å². The molecule has 4 nitrogen and oxygen atoms in total. The van der Waals surface area contributed by atoms with Gasteiger partial charge in [-0.2, -0.15) is 5.26 Å². The van der Waals surface area contributed by atoms with Gasteiger partial charge in [0, 0.05) is 0 Å². The molecule has 2 rings (SSSR count). The van der Waals surface area contributed by atoms with Gasteiger partial charge in [0.1, 0.15) is 16.7 Å². The molecule has 0 bridgehead atoms. The first-order chi connectivity index (χ1) is 11.2. The van der Waals surface area contributed by atoms with E-state index >= 15 is 0 Å². The molecule has 0 aliphatic rings. The Bertz CT molecular complexity index is 915. The van der Waals surface area contributed by atoms with E-state index in [1.165, 1.54) is 24.3 Å². The van der Waals surface area contributed by atoms with Gasteiger partial charge in [-0.25, -0.2) is 8.42 Å². The van der Waals surface area contributed by atoms with Crippen LogP contribution in [0.4, 0.5) is 0 Å². The Hall–Kier alpha value is -2.58. The van der Waals surface area contributed by atoms with E-state index in [-0.39, 0.29) is 21.0 Å². The average molecular weight is 341 g/mol. The lowest BCUT2D eigenvalue weighted by Crippen LogP contribution is -2.11. The predicted molar refractivity (Wildman–Crippen MR) is 94.0 cm³/mol. The summed E-state index contributed by atoms with van der Waals surface area (Å²) in [5.41, 5.74) is 0.929. The number of hydrogen-bond donors (Lipinski definition) is 1. The number of nitrogens with zero attached hydrogens (tertiary/aromatic N) is 1. The molecule has 0 fully saturated rings. The minimum Gasteiger partial charge on any atom is -0.508 e. The number of phenols is 1. The van der Waals surface area contributed by atoms with E-state index in [0.29, 0.717) is 11.1 Å². The van der Waals surface area contributed by atoms with Gasteiger partial charge in [-0.1, -0.05) is 45.0 Å². The lowest BCUT2D eigenvalue weighted by Gasteiger charge is -2.20. The lowest BCUT2D eigenvalue weighted by molar-refractivity contribution is 0.446. The summed E-state index contributed by atoms with van der Waals surface area (Å²) >= 11 is 0. The number of benzene rings is 2. The fraction of sp³-hybridized carbons (Fsp3) is 0.211. The fourth-order valence-corrected chi connectivity index (χ4v) is 3.47. The van der Waals surface area contributed by atoms with Crippen LogP contribution in [0.5, 0.6) is 5.75 Å². The van der Waals surface area contributed by atoms with Gasteiger partial charge in [-0.15, -0.1) is 0 Å². The van der Waals surface area contributed by atoms with Crippen molar-refractivity contribution in [1.29, 1.82) is 5.26 Å². The molecule has 2 aromatic rings. The van der Waals surface area contributed by atoms with Gasteiger partial charge in [0.15, 0.2) is 0 Å². The summed E-state index contributed by atoms with van der Waals surface area (Å²) in [6.45, 7) is 5.84. The molecule has 0 aliphatic heterocycles. The molecule has 0 amide bonds. The smallest absolute Gasteiger partial charge is 0.216 e. The van der Waals surface area contributed by atoms with Crippen LogP contribution in [0.25, 0.3) is 6.08 Å². The molecule has 0 heterocycles. The molecule has 0 unspecified atom stereocenters. The quantitative estimate of drug-likeness (QED) is 0.855. The zero-order valence-electron chi connectivity index (χ0n) is 13.8. The first-order valence-electron chi connectivity index (χ1n) is 7.41. The summed E-state index contributed by atoms with van der Waals surface area (Å²) in [7, 11) is -3.87. The Kier molecular flexibility index (Phi) is 4.81. The second kappa shape index (κ2) is 6.50. The molecule has 124 valence electrons. The van der Waals surface area contributed by atoms with Crippen LogP contribution in [0.3, 0.4) is 0 Å². The molecular weight excluding hydrogens is 322 g/mol. The molecule has 2 aromatic carbocycles. The highest BCUT2D eigenvalue weighted by Gasteiger charge is 2.22. The molecule has 0 saturated heterocycles. The molecule has 1 N–H and O–H groups in total. The molecular formula is C19H19NO3S. The van der Waals surface area contributed by atoms with Gasteiger partial charge in [-0.3, -0.25) is 0 Å². The number of hydrogen-bond acceptors (Lipinski definition) is 4. The summed E-state index contributed by atoms with van der Waals surface area (Å²) in [5, 5.41) is 19.3. The zero-order valence-corrected chi connectivity index (χ0v) is 14.6. The highest BCUT2D eigenvalue weighted by molar-refractivity contribution is 7.95. The minimum atomic E-state index is -3.87. The Balaban J connectivity index is 2.55. The van der Waals surface area contributed by atoms with Crippen LogP contribution in [0.1, 0.15) is 31.9 Å². The molecule has 0 aliphatic carbocycles. The summed E-state index contributed by atoms with van der Waals surface area (Å²) in [6.07, 6.45) is 1.33. The maximum atomic E-state index is 12.6. The maximum absolute atomic E-state index is 12.6. The highest BCUT2D eigenvalue weighted by atomic mass is 32.2. The van der Waals surface area contributed by atoms with Crippen molar-refractivity contribution in [2.24, 2.45) is 0 Å². The fourth-order valence-electron chi connectivity index (χ4n) is 2.29. The van der Waals surface area contributed by atoms with Gasteiger partial charge in [-0.05, 0) is 46.9 Å². The number of phenolic OH excluding ortho intramolecular Hbond substituents is 1. The average Bonchev–Trinajstić information content (AvgIpc) is 2.53. The molecule has 0 saturated carbocycles. The standard InChI is InChI=1S/C19H19NO3S/c1-19(2,3)17-12-14(9-10-18(17)21)11-16(13-20)24(22,23)15-7-5-4-6-8-15/h4-12,21H,1-3H3/b16-11+. The molecule has 5 heteroatoms. The SMILES string of the molecule is CC(C)(C)c1cc(/C=C(\C#N)S(=O)(=O)c2ccccc2)ccc1O. The summed E-state index contributed by atoms with van der Waals surface area (Å²) < 4.78 is 25.2. The molecule has 0 atom stereocenters. The van der Waals surface area contributed by atoms with E-state index in [1.807, 2.05) is 20.8 Å². The topological polar surface area (TPSA) is 78.2 Å². The van der Waals surface area contributed by atoms with Gasteiger partial charge in [0.25, 0.3) is 0 Å². The monoisotopic (exact) mass is 341 g/mol. The van der Waals surface area contributed by atoms with Crippen LogP contribution in [-0.2, 0) is 15.3 Å². The van der Waals surface area contributed by atoms with Crippen LogP contribution in [0, 0.1) is 11.3 Å². The van der Waals surface area contributed by atoms with Crippen molar-refractivity contribution in [3.63, 3.8) is 0 Å². The van der Waals surface area contributed by atoms with Gasteiger partial charge < -0.3 is 5.11 Å². The van der Waals surface area contributed by atoms with E-state index in [4.69, 9.17) is 0 Å². The van der Waals surface area contributed by atoms with Gasteiger partial charge in [0.2, 0.25) is 9.84 Å². The maximum Gasteiger partial charge on any atom is 0.216 e. The summed E-state index contributed by atoms with van der Waals surface area (Å²) in [4.78, 5) is -0.258. The van der Waals surface area contributed by atoms with Crippen molar-refractivity contribution in [3.05, 3.63) is 64.6 Å². The Morgan fingerprint density at radius 3 is 2.29 bits per heavy atom. The van der Waals surface area contributed by atoms with E-state index < -0.39 is 9.84 Å². The minimum absolute atomic E-state index is 0.0765. The second-order valence-corrected chi connectivity index (χ2v) is 8.38. The molecule has 0 radical (unpaired) electrons. The number of allylic oxidation sites excluding steroid dienone is 1. The van der Waals surface area contributed by atoms with Crippen LogP contribution < -0.4 is 0 Å². The summed E-state index contributed by atoms with van der Waals surface area (Å²) in [6, 6.07) is 14.4. The lowest BCUT2D eigenvalue weighted by atomic mass is 9.85. The van der Waals surface area contributed by atoms with Crippen LogP contribution in [-0.4, -0.2) is 13.5 Å². The first-order valence-corrected chi connectivity index (χ1v) is 8.90. The van der Waals surface area contributed by atoms with Gasteiger partial charge >= 0.3 is 0 Å². The predicted octanol–water partition coefficient (Wildman–Crippen LogP) is 4.03. The first kappa shape index (κ1) is 17.8. The third-order valence-electron chi connectivity index (χ3n) is 3.58. The normalized spacial score (nSPS) is 12.7. The molecule has 24 heavy (non-hydrogen) atoms. The summed E-state index contributed by atoms with van der Waals surface area (Å²) in [5.74, 6) is 0.143. The van der Waals surface area contributed by atoms with Crippen molar-refractivity contribution in [2.75, 3.05) is 0 Å². The van der Waals surface area contributed by atoms with Crippen LogP contribution >= 0.6 is 0 Å². The van der Waals surface area contributed by atoms with E-state index in [0.717, 1.165) is 0 Å². The van der Waals surface area contributed by atoms with Crippen molar-refractivity contribution < 1.29 is 13.5 Å². The number of rotatable bonds is 3. The van der Waals surface area contributed by atoms with Crippen molar-refractivity contribution >= 4 is 15.9 Å². The van der Waals surface area contributed by atoms with Crippen molar-refractivity contribution in [3.8, 4) is 11.8 Å². The zero-order chi connectivity index (χ0) is 18.0. The highest BCUT2D eigenvalue weighted by Crippen LogP contribution is 2.32. The second-order valence-electron chi connectivity index (χ2n) is 6.46. The third kappa shape index (κ3) is 3.66. The van der Waals surface area contributed by atoms with Gasteiger partial charge in [0.05, 0.1) is 4.90 Å². The third-order valence-corrected chi connectivity index (χ3v) is 5.26. The number of nitriles is 1. The Labute approximate surface area is 142 Å². The van der Waals surface area contributed by atoms with Crippen LogP contribution in [0.15, 0.2) is 58.3 Å². The molecule has 0 spiro atoms. The molecule has 0 aromatic heterocycles. The Morgan fingerprint density at radius 2 is 1.75 bits per heavy atom. The number of aromatic hydroxyl groups is 1. The van der Waals surface area contributed by atoms with Crippen LogP contribution in [0.2, 0.25) is 0 Å². The number of sulfone groups is 1. The van der Waals surface area contributed by atoms with Crippen molar-refractivity contribution in [2.45, 2.75) is 31.1 Å². The largest absolute Gasteiger partial charge is 0.508 e.